The molecule has 0 saturated heterocycles. The zero-order chi connectivity index (χ0) is 19.6. The SMILES string of the molecule is CCCCCCCCCCCCCCC/C=C/c1cc(OC)cc(OC)c1. The summed E-state index contributed by atoms with van der Waals surface area (Å²) < 4.78 is 10.6. The fourth-order valence-electron chi connectivity index (χ4n) is 3.43. The second-order valence-electron chi connectivity index (χ2n) is 7.58. The number of ether oxygens (including phenoxy) is 2. The molecule has 0 amide bonds. The molecule has 1 aromatic carbocycles. The summed E-state index contributed by atoms with van der Waals surface area (Å²) in [6.45, 7) is 2.29. The zero-order valence-corrected chi connectivity index (χ0v) is 18.1. The fraction of sp³-hybridized carbons (Fsp3) is 0.680. The van der Waals surface area contributed by atoms with Crippen LogP contribution in [0.2, 0.25) is 0 Å². The summed E-state index contributed by atoms with van der Waals surface area (Å²) in [6, 6.07) is 6.00. The van der Waals surface area contributed by atoms with Crippen molar-refractivity contribution in [1.82, 2.24) is 0 Å². The van der Waals surface area contributed by atoms with Gasteiger partial charge in [0.25, 0.3) is 0 Å². The van der Waals surface area contributed by atoms with E-state index in [0.717, 1.165) is 23.5 Å². The van der Waals surface area contributed by atoms with Crippen LogP contribution in [0.15, 0.2) is 24.3 Å². The molecule has 0 aromatic heterocycles. The maximum absolute atomic E-state index is 5.31. The quantitative estimate of drug-likeness (QED) is 0.256. The van der Waals surface area contributed by atoms with Crippen LogP contribution in [0.3, 0.4) is 0 Å². The number of benzene rings is 1. The van der Waals surface area contributed by atoms with Crippen molar-refractivity contribution in [1.29, 1.82) is 0 Å². The molecular formula is C25H42O2. The van der Waals surface area contributed by atoms with Gasteiger partial charge >= 0.3 is 0 Å². The van der Waals surface area contributed by atoms with Gasteiger partial charge in [-0.2, -0.15) is 0 Å². The van der Waals surface area contributed by atoms with Crippen LogP contribution in [0, 0.1) is 0 Å². The van der Waals surface area contributed by atoms with Crippen LogP contribution in [-0.4, -0.2) is 14.2 Å². The molecule has 0 unspecified atom stereocenters. The second kappa shape index (κ2) is 16.7. The van der Waals surface area contributed by atoms with Crippen molar-refractivity contribution < 1.29 is 9.47 Å². The van der Waals surface area contributed by atoms with Crippen LogP contribution in [0.25, 0.3) is 6.08 Å². The van der Waals surface area contributed by atoms with Crippen molar-refractivity contribution in [2.45, 2.75) is 96.8 Å². The van der Waals surface area contributed by atoms with E-state index < -0.39 is 0 Å². The van der Waals surface area contributed by atoms with Crippen LogP contribution in [0.4, 0.5) is 0 Å². The van der Waals surface area contributed by atoms with Crippen molar-refractivity contribution in [2.24, 2.45) is 0 Å². The Balaban J connectivity index is 1.98. The lowest BCUT2D eigenvalue weighted by Gasteiger charge is -2.05. The summed E-state index contributed by atoms with van der Waals surface area (Å²) >= 11 is 0. The highest BCUT2D eigenvalue weighted by molar-refractivity contribution is 5.55. The Bertz CT molecular complexity index is 471. The van der Waals surface area contributed by atoms with Crippen molar-refractivity contribution >= 4 is 6.08 Å². The monoisotopic (exact) mass is 374 g/mol. The Morgan fingerprint density at radius 3 is 1.52 bits per heavy atom. The van der Waals surface area contributed by atoms with Gasteiger partial charge in [-0.3, -0.25) is 0 Å². The zero-order valence-electron chi connectivity index (χ0n) is 18.1. The van der Waals surface area contributed by atoms with Gasteiger partial charge in [-0.15, -0.1) is 0 Å². The maximum Gasteiger partial charge on any atom is 0.123 e. The Kier molecular flexibility index (Phi) is 14.6. The van der Waals surface area contributed by atoms with Gasteiger partial charge < -0.3 is 9.47 Å². The third-order valence-corrected chi connectivity index (χ3v) is 5.16. The smallest absolute Gasteiger partial charge is 0.123 e. The molecule has 0 aliphatic rings. The van der Waals surface area contributed by atoms with Gasteiger partial charge in [0.15, 0.2) is 0 Å². The summed E-state index contributed by atoms with van der Waals surface area (Å²) in [5, 5.41) is 0. The molecule has 0 fully saturated rings. The summed E-state index contributed by atoms with van der Waals surface area (Å²) in [5.74, 6) is 1.69. The van der Waals surface area contributed by atoms with Crippen LogP contribution in [0.5, 0.6) is 11.5 Å². The minimum absolute atomic E-state index is 0.843. The predicted molar refractivity (Wildman–Crippen MR) is 119 cm³/mol. The number of hydrogen-bond acceptors (Lipinski definition) is 2. The van der Waals surface area contributed by atoms with E-state index in [2.05, 4.69) is 19.1 Å². The molecular weight excluding hydrogens is 332 g/mol. The molecule has 0 heterocycles. The molecule has 1 aromatic rings. The first kappa shape index (κ1) is 23.6. The second-order valence-corrected chi connectivity index (χ2v) is 7.58. The Labute approximate surface area is 168 Å². The summed E-state index contributed by atoms with van der Waals surface area (Å²) in [4.78, 5) is 0. The molecule has 0 radical (unpaired) electrons. The maximum atomic E-state index is 5.31. The van der Waals surface area contributed by atoms with E-state index in [-0.39, 0.29) is 0 Å². The highest BCUT2D eigenvalue weighted by atomic mass is 16.5. The number of unbranched alkanes of at least 4 members (excludes halogenated alkanes) is 13. The van der Waals surface area contributed by atoms with Gasteiger partial charge in [0.1, 0.15) is 11.5 Å². The van der Waals surface area contributed by atoms with E-state index >= 15 is 0 Å². The molecule has 0 aliphatic heterocycles. The first-order chi connectivity index (χ1) is 13.3. The van der Waals surface area contributed by atoms with E-state index in [1.807, 2.05) is 18.2 Å². The van der Waals surface area contributed by atoms with Gasteiger partial charge in [-0.25, -0.2) is 0 Å². The van der Waals surface area contributed by atoms with Gasteiger partial charge in [-0.05, 0) is 30.5 Å². The first-order valence-corrected chi connectivity index (χ1v) is 11.2. The van der Waals surface area contributed by atoms with E-state index in [0.29, 0.717) is 0 Å². The lowest BCUT2D eigenvalue weighted by molar-refractivity contribution is 0.394. The number of hydrogen-bond donors (Lipinski definition) is 0. The molecule has 2 heteroatoms. The lowest BCUT2D eigenvalue weighted by atomic mass is 10.0. The highest BCUT2D eigenvalue weighted by Gasteiger charge is 1.99. The number of rotatable bonds is 17. The van der Waals surface area contributed by atoms with Gasteiger partial charge in [-0.1, -0.05) is 96.1 Å². The molecule has 2 nitrogen and oxygen atoms in total. The topological polar surface area (TPSA) is 18.5 Å². The molecule has 154 valence electrons. The van der Waals surface area contributed by atoms with Crippen LogP contribution in [-0.2, 0) is 0 Å². The Morgan fingerprint density at radius 1 is 0.630 bits per heavy atom. The lowest BCUT2D eigenvalue weighted by Crippen LogP contribution is -1.88. The first-order valence-electron chi connectivity index (χ1n) is 11.2. The van der Waals surface area contributed by atoms with E-state index in [9.17, 15) is 0 Å². The summed E-state index contributed by atoms with van der Waals surface area (Å²) in [5.41, 5.74) is 1.14. The molecule has 0 bridgehead atoms. The van der Waals surface area contributed by atoms with Crippen LogP contribution < -0.4 is 9.47 Å². The van der Waals surface area contributed by atoms with Gasteiger partial charge in [0.05, 0.1) is 14.2 Å². The van der Waals surface area contributed by atoms with Crippen molar-refractivity contribution in [3.8, 4) is 11.5 Å². The van der Waals surface area contributed by atoms with E-state index in [1.54, 1.807) is 14.2 Å². The Hall–Kier alpha value is -1.44. The molecule has 27 heavy (non-hydrogen) atoms. The average molecular weight is 375 g/mol. The number of allylic oxidation sites excluding steroid dienone is 1. The van der Waals surface area contributed by atoms with E-state index in [1.165, 1.54) is 83.5 Å². The molecule has 0 saturated carbocycles. The van der Waals surface area contributed by atoms with Crippen molar-refractivity contribution in [3.63, 3.8) is 0 Å². The molecule has 0 N–H and O–H groups in total. The average Bonchev–Trinajstić information content (AvgIpc) is 2.70. The molecule has 0 atom stereocenters. The van der Waals surface area contributed by atoms with E-state index in [4.69, 9.17) is 9.47 Å². The Morgan fingerprint density at radius 2 is 1.07 bits per heavy atom. The van der Waals surface area contributed by atoms with Crippen LogP contribution in [0.1, 0.15) is 102 Å². The fourth-order valence-corrected chi connectivity index (χ4v) is 3.43. The molecule has 0 aliphatic carbocycles. The molecule has 0 spiro atoms. The minimum Gasteiger partial charge on any atom is -0.497 e. The summed E-state index contributed by atoms with van der Waals surface area (Å²) in [7, 11) is 3.38. The van der Waals surface area contributed by atoms with Crippen LogP contribution >= 0.6 is 0 Å². The number of methoxy groups -OCH3 is 2. The normalized spacial score (nSPS) is 11.2. The summed E-state index contributed by atoms with van der Waals surface area (Å²) in [6.07, 6.45) is 23.9. The van der Waals surface area contributed by atoms with Gasteiger partial charge in [0, 0.05) is 6.07 Å². The minimum atomic E-state index is 0.843. The highest BCUT2D eigenvalue weighted by Crippen LogP contribution is 2.23. The third kappa shape index (κ3) is 12.5. The standard InChI is InChI=1S/C25H42O2/c1-4-5-6-7-8-9-10-11-12-13-14-15-16-17-18-19-23-20-24(26-2)22-25(21-23)27-3/h18-22H,4-17H2,1-3H3/b19-18+. The molecule has 1 rings (SSSR count). The largest absolute Gasteiger partial charge is 0.497 e. The van der Waals surface area contributed by atoms with Crippen molar-refractivity contribution in [2.75, 3.05) is 14.2 Å². The van der Waals surface area contributed by atoms with Crippen molar-refractivity contribution in [3.05, 3.63) is 29.8 Å². The third-order valence-electron chi connectivity index (χ3n) is 5.16. The van der Waals surface area contributed by atoms with Gasteiger partial charge in [0.2, 0.25) is 0 Å². The predicted octanol–water partition coefficient (Wildman–Crippen LogP) is 8.20.